The molecule has 45 heavy (non-hydrogen) atoms. The van der Waals surface area contributed by atoms with E-state index in [0.29, 0.717) is 6.54 Å². The fourth-order valence-corrected chi connectivity index (χ4v) is 8.28. The molecule has 0 aromatic heterocycles. The molecule has 0 aliphatic heterocycles. The summed E-state index contributed by atoms with van der Waals surface area (Å²) in [5.74, 6) is -6.21. The van der Waals surface area contributed by atoms with Crippen molar-refractivity contribution >= 4 is 46.9 Å². The number of carboxylic acids is 2. The molecule has 0 saturated heterocycles. The molecule has 3 rings (SSSR count). The van der Waals surface area contributed by atoms with Gasteiger partial charge in [-0.2, -0.15) is 26.3 Å². The van der Waals surface area contributed by atoms with Gasteiger partial charge in [-0.25, -0.2) is 4.79 Å². The minimum atomic E-state index is -5.19. The molecule has 0 spiro atoms. The number of carbonyl (C=O) groups excluding carboxylic acids is 2. The SMILES string of the molecule is CNC(C(=N)N)C(=O)NCCC[P+](c1ccccc1)(c1ccccc1)c1ccccc1.O=C(O)C(F)(F)F.O=C([O-])C(F)(F)F. The van der Waals surface area contributed by atoms with Crippen LogP contribution in [0, 0.1) is 5.41 Å². The minimum absolute atomic E-state index is 0.181. The van der Waals surface area contributed by atoms with Crippen molar-refractivity contribution in [3.63, 3.8) is 0 Å². The van der Waals surface area contributed by atoms with Crippen molar-refractivity contribution in [3.05, 3.63) is 91.0 Å². The number of rotatable bonds is 10. The van der Waals surface area contributed by atoms with Crippen molar-refractivity contribution in [2.75, 3.05) is 19.8 Å². The number of nitrogens with two attached hydrogens (primary N) is 1. The van der Waals surface area contributed by atoms with Gasteiger partial charge < -0.3 is 31.4 Å². The van der Waals surface area contributed by atoms with E-state index in [9.17, 15) is 31.1 Å². The number of likely N-dealkylation sites (N-methyl/N-ethyl adjacent to an activating group) is 1. The van der Waals surface area contributed by atoms with Gasteiger partial charge in [0.15, 0.2) is 0 Å². The lowest BCUT2D eigenvalue weighted by Crippen LogP contribution is -2.50. The molecular weight excluding hydrogens is 629 g/mol. The van der Waals surface area contributed by atoms with E-state index in [1.54, 1.807) is 7.05 Å². The van der Waals surface area contributed by atoms with E-state index in [1.165, 1.54) is 15.9 Å². The molecule has 3 aromatic rings. The predicted octanol–water partition coefficient (Wildman–Crippen LogP) is 1.94. The van der Waals surface area contributed by atoms with Crippen molar-refractivity contribution in [2.45, 2.75) is 24.8 Å². The Balaban J connectivity index is 0.000000601. The Bertz CT molecular complexity index is 1260. The number of aliphatic carboxylic acids is 2. The lowest BCUT2D eigenvalue weighted by molar-refractivity contribution is -0.344. The number of carbonyl (C=O) groups is 3. The van der Waals surface area contributed by atoms with E-state index >= 15 is 0 Å². The quantitative estimate of drug-likeness (QED) is 0.0728. The number of amidine groups is 1. The molecule has 16 heteroatoms. The predicted molar refractivity (Wildman–Crippen MR) is 157 cm³/mol. The van der Waals surface area contributed by atoms with E-state index in [2.05, 4.69) is 83.4 Å². The van der Waals surface area contributed by atoms with Crippen LogP contribution in [-0.2, 0) is 14.4 Å². The second kappa shape index (κ2) is 17.7. The van der Waals surface area contributed by atoms with Crippen molar-refractivity contribution < 1.29 is 50.9 Å². The van der Waals surface area contributed by atoms with Gasteiger partial charge in [0.2, 0.25) is 5.91 Å². The van der Waals surface area contributed by atoms with Crippen LogP contribution in [0.2, 0.25) is 0 Å². The molecule has 0 radical (unpaired) electrons. The fourth-order valence-electron chi connectivity index (χ4n) is 3.94. The number of carboxylic acid groups (broad SMARTS) is 2. The van der Waals surface area contributed by atoms with Crippen LogP contribution in [0.1, 0.15) is 6.42 Å². The number of nitrogens with one attached hydrogen (secondary N) is 3. The van der Waals surface area contributed by atoms with Crippen LogP contribution in [0.25, 0.3) is 0 Å². The van der Waals surface area contributed by atoms with Gasteiger partial charge in [-0.15, -0.1) is 0 Å². The molecule has 9 nitrogen and oxygen atoms in total. The summed E-state index contributed by atoms with van der Waals surface area (Å²) in [6.07, 6.45) is -8.54. The summed E-state index contributed by atoms with van der Waals surface area (Å²) in [6.45, 7) is 0.526. The summed E-state index contributed by atoms with van der Waals surface area (Å²) in [5, 5.41) is 33.2. The summed E-state index contributed by atoms with van der Waals surface area (Å²) in [4.78, 5) is 30.0. The molecule has 0 bridgehead atoms. The number of halogens is 6. The molecular formula is C29H31F6N4O5P. The summed E-state index contributed by atoms with van der Waals surface area (Å²) in [5.41, 5.74) is 5.52. The maximum atomic E-state index is 12.4. The molecule has 0 aliphatic carbocycles. The highest BCUT2D eigenvalue weighted by Gasteiger charge is 2.44. The topological polar surface area (TPSA) is 168 Å². The van der Waals surface area contributed by atoms with E-state index in [1.807, 2.05) is 18.2 Å². The Morgan fingerprint density at radius 3 is 1.40 bits per heavy atom. The van der Waals surface area contributed by atoms with Gasteiger partial charge in [-0.1, -0.05) is 54.6 Å². The molecule has 0 saturated carbocycles. The third-order valence-corrected chi connectivity index (χ3v) is 10.4. The van der Waals surface area contributed by atoms with Crippen molar-refractivity contribution in [2.24, 2.45) is 5.73 Å². The van der Waals surface area contributed by atoms with Crippen LogP contribution in [0.4, 0.5) is 26.3 Å². The molecule has 1 unspecified atom stereocenters. The first-order chi connectivity index (χ1) is 21.0. The smallest absolute Gasteiger partial charge is 0.490 e. The van der Waals surface area contributed by atoms with Crippen LogP contribution in [-0.4, -0.2) is 66.9 Å². The maximum absolute atomic E-state index is 12.4. The Hall–Kier alpha value is -4.49. The van der Waals surface area contributed by atoms with E-state index < -0.39 is 37.6 Å². The van der Waals surface area contributed by atoms with Gasteiger partial charge >= 0.3 is 18.3 Å². The van der Waals surface area contributed by atoms with Crippen LogP contribution < -0.4 is 37.4 Å². The molecule has 244 valence electrons. The molecule has 1 amide bonds. The van der Waals surface area contributed by atoms with Gasteiger partial charge in [-0.3, -0.25) is 10.2 Å². The zero-order valence-corrected chi connectivity index (χ0v) is 24.6. The lowest BCUT2D eigenvalue weighted by atomic mass is 10.2. The highest BCUT2D eigenvalue weighted by molar-refractivity contribution is 7.95. The Labute approximate surface area is 255 Å². The van der Waals surface area contributed by atoms with Gasteiger partial charge in [0, 0.05) is 6.54 Å². The first-order valence-corrected chi connectivity index (χ1v) is 14.9. The van der Waals surface area contributed by atoms with Crippen LogP contribution in [0.3, 0.4) is 0 Å². The van der Waals surface area contributed by atoms with Crippen LogP contribution >= 0.6 is 7.26 Å². The van der Waals surface area contributed by atoms with Crippen molar-refractivity contribution in [1.82, 2.24) is 10.6 Å². The third kappa shape index (κ3) is 12.2. The average molecular weight is 661 g/mol. The van der Waals surface area contributed by atoms with Crippen LogP contribution in [0.5, 0.6) is 0 Å². The Morgan fingerprint density at radius 2 is 1.16 bits per heavy atom. The number of amides is 1. The first kappa shape index (κ1) is 38.5. The lowest BCUT2D eigenvalue weighted by Gasteiger charge is -2.28. The minimum Gasteiger partial charge on any atom is -0.542 e. The normalized spacial score (nSPS) is 11.9. The maximum Gasteiger partial charge on any atom is 0.490 e. The van der Waals surface area contributed by atoms with Crippen LogP contribution in [0.15, 0.2) is 91.0 Å². The third-order valence-electron chi connectivity index (χ3n) is 5.90. The molecule has 0 aliphatic rings. The second-order valence-electron chi connectivity index (χ2n) is 8.95. The molecule has 1 atom stereocenters. The van der Waals surface area contributed by atoms with E-state index in [-0.39, 0.29) is 11.7 Å². The average Bonchev–Trinajstić information content (AvgIpc) is 2.98. The second-order valence-corrected chi connectivity index (χ2v) is 12.6. The van der Waals surface area contributed by atoms with Gasteiger partial charge in [0.1, 0.15) is 41.0 Å². The summed E-state index contributed by atoms with van der Waals surface area (Å²) >= 11 is 0. The van der Waals surface area contributed by atoms with E-state index in [0.717, 1.165) is 12.6 Å². The van der Waals surface area contributed by atoms with Gasteiger partial charge in [0.25, 0.3) is 0 Å². The summed E-state index contributed by atoms with van der Waals surface area (Å²) < 4.78 is 63.3. The Kier molecular flexibility index (Phi) is 15.2. The zero-order chi connectivity index (χ0) is 34.3. The van der Waals surface area contributed by atoms with E-state index in [4.69, 9.17) is 30.9 Å². The largest absolute Gasteiger partial charge is 0.542 e. The monoisotopic (exact) mass is 660 g/mol. The number of hydrogen-bond donors (Lipinski definition) is 5. The van der Waals surface area contributed by atoms with Gasteiger partial charge in [-0.05, 0) is 49.9 Å². The number of benzene rings is 3. The Morgan fingerprint density at radius 1 is 0.822 bits per heavy atom. The summed E-state index contributed by atoms with van der Waals surface area (Å²) in [7, 11) is -0.269. The molecule has 3 aromatic carbocycles. The zero-order valence-electron chi connectivity index (χ0n) is 23.7. The number of alkyl halides is 6. The standard InChI is InChI=1S/C25H29N4OP.2C2HF3O2/c1-28-23(24(26)27)25(30)29-18-11-19-31(20-12-5-2-6-13-20,21-14-7-3-8-15-21)22-16-9-4-10-17-22;2*3-2(4,5)1(6)7/h2-10,12-17,23,28H,11,18-19H2,1H3,(H3-,26,27,29,30);2*(H,6,7). The van der Waals surface area contributed by atoms with Crippen molar-refractivity contribution in [3.8, 4) is 0 Å². The summed E-state index contributed by atoms with van der Waals surface area (Å²) in [6, 6.07) is 31.3. The highest BCUT2D eigenvalue weighted by atomic mass is 31.2. The number of hydrogen-bond acceptors (Lipinski definition) is 6. The molecule has 0 heterocycles. The van der Waals surface area contributed by atoms with Gasteiger partial charge in [0.05, 0.1) is 6.16 Å². The fraction of sp³-hybridized carbons (Fsp3) is 0.241. The highest BCUT2D eigenvalue weighted by Crippen LogP contribution is 2.55. The molecule has 6 N–H and O–H groups in total. The first-order valence-electron chi connectivity index (χ1n) is 12.9. The molecule has 0 fully saturated rings. The van der Waals surface area contributed by atoms with Crippen molar-refractivity contribution in [1.29, 1.82) is 5.41 Å².